The quantitative estimate of drug-likeness (QED) is 0.592. The molecular weight excluding hydrogens is 300 g/mol. The van der Waals surface area contributed by atoms with E-state index in [1.807, 2.05) is 6.07 Å². The Labute approximate surface area is 133 Å². The van der Waals surface area contributed by atoms with Gasteiger partial charge >= 0.3 is 0 Å². The summed E-state index contributed by atoms with van der Waals surface area (Å²) in [6.45, 7) is 4.11. The van der Waals surface area contributed by atoms with Crippen LogP contribution in [0.15, 0.2) is 29.7 Å². The normalized spacial score (nSPS) is 10.9. The van der Waals surface area contributed by atoms with Crippen LogP contribution in [0.4, 0.5) is 0 Å². The third kappa shape index (κ3) is 3.97. The molecule has 0 aromatic carbocycles. The Hall–Kier alpha value is -2.09. The highest BCUT2D eigenvalue weighted by Crippen LogP contribution is 2.20. The second kappa shape index (κ2) is 7.79. The highest BCUT2D eigenvalue weighted by Gasteiger charge is 2.14. The molecule has 0 atom stereocenters. The molecule has 0 saturated heterocycles. The number of nitrogens with two attached hydrogens (primary N) is 1. The lowest BCUT2D eigenvalue weighted by Gasteiger charge is -2.14. The van der Waals surface area contributed by atoms with Gasteiger partial charge in [0.1, 0.15) is 0 Å². The first kappa shape index (κ1) is 16.3. The van der Waals surface area contributed by atoms with Gasteiger partial charge in [-0.05, 0) is 25.0 Å². The predicted molar refractivity (Wildman–Crippen MR) is 86.6 cm³/mol. The third-order valence-corrected chi connectivity index (χ3v) is 4.21. The summed E-state index contributed by atoms with van der Waals surface area (Å²) in [7, 11) is 0. The fourth-order valence-electron chi connectivity index (χ4n) is 1.96. The first-order valence-electron chi connectivity index (χ1n) is 7.18. The summed E-state index contributed by atoms with van der Waals surface area (Å²) in [5.41, 5.74) is 0.783. The van der Waals surface area contributed by atoms with E-state index in [2.05, 4.69) is 34.3 Å². The molecule has 3 N–H and O–H groups in total. The first-order chi connectivity index (χ1) is 10.7. The summed E-state index contributed by atoms with van der Waals surface area (Å²) in [4.78, 5) is 15.9. The van der Waals surface area contributed by atoms with Crippen LogP contribution in [0.1, 0.15) is 26.7 Å². The summed E-state index contributed by atoms with van der Waals surface area (Å²) in [5.74, 6) is 6.75. The monoisotopic (exact) mass is 320 g/mol. The Morgan fingerprint density at radius 1 is 1.41 bits per heavy atom. The molecule has 8 heteroatoms. The topological polar surface area (TPSA) is 98.7 Å². The van der Waals surface area contributed by atoms with E-state index < -0.39 is 0 Å². The number of nitrogen functional groups attached to an aromatic ring is 1. The maximum absolute atomic E-state index is 11.9. The maximum Gasteiger partial charge on any atom is 0.230 e. The van der Waals surface area contributed by atoms with Gasteiger partial charge in [-0.1, -0.05) is 25.6 Å². The molecule has 0 aliphatic heterocycles. The van der Waals surface area contributed by atoms with Crippen molar-refractivity contribution in [1.29, 1.82) is 0 Å². The lowest BCUT2D eigenvalue weighted by Crippen LogP contribution is -2.35. The van der Waals surface area contributed by atoms with Gasteiger partial charge in [0, 0.05) is 24.0 Å². The molecule has 0 radical (unpaired) electrons. The SMILES string of the molecule is CCC(CC)NC(=O)CSc1nnc(-c2cccnc2)n1N. The molecule has 0 aliphatic rings. The van der Waals surface area contributed by atoms with E-state index in [-0.39, 0.29) is 17.7 Å². The molecule has 2 heterocycles. The van der Waals surface area contributed by atoms with Gasteiger partial charge in [0.2, 0.25) is 11.1 Å². The average Bonchev–Trinajstić information content (AvgIpc) is 2.92. The van der Waals surface area contributed by atoms with Crippen molar-refractivity contribution in [1.82, 2.24) is 25.2 Å². The van der Waals surface area contributed by atoms with Gasteiger partial charge in [0.05, 0.1) is 5.75 Å². The first-order valence-corrected chi connectivity index (χ1v) is 8.17. The zero-order valence-corrected chi connectivity index (χ0v) is 13.5. The number of aromatic nitrogens is 4. The van der Waals surface area contributed by atoms with Crippen LogP contribution in [-0.4, -0.2) is 37.6 Å². The smallest absolute Gasteiger partial charge is 0.230 e. The number of rotatable bonds is 7. The van der Waals surface area contributed by atoms with E-state index in [1.165, 1.54) is 16.4 Å². The Bertz CT molecular complexity index is 611. The Morgan fingerprint density at radius 3 is 2.82 bits per heavy atom. The van der Waals surface area contributed by atoms with E-state index in [0.717, 1.165) is 18.4 Å². The van der Waals surface area contributed by atoms with Crippen molar-refractivity contribution in [2.75, 3.05) is 11.6 Å². The molecule has 0 fully saturated rings. The number of nitrogens with one attached hydrogen (secondary N) is 1. The molecule has 2 aromatic rings. The van der Waals surface area contributed by atoms with Crippen molar-refractivity contribution < 1.29 is 4.79 Å². The maximum atomic E-state index is 11.9. The lowest BCUT2D eigenvalue weighted by molar-refractivity contribution is -0.119. The summed E-state index contributed by atoms with van der Waals surface area (Å²) in [5, 5.41) is 11.6. The third-order valence-electron chi connectivity index (χ3n) is 3.27. The fraction of sp³-hybridized carbons (Fsp3) is 0.429. The van der Waals surface area contributed by atoms with Crippen LogP contribution < -0.4 is 11.2 Å². The molecule has 0 aliphatic carbocycles. The van der Waals surface area contributed by atoms with Crippen LogP contribution in [0, 0.1) is 0 Å². The van der Waals surface area contributed by atoms with E-state index in [0.29, 0.717) is 11.0 Å². The van der Waals surface area contributed by atoms with Crippen LogP contribution in [0.25, 0.3) is 11.4 Å². The lowest BCUT2D eigenvalue weighted by atomic mass is 10.2. The number of hydrogen-bond acceptors (Lipinski definition) is 6. The van der Waals surface area contributed by atoms with Crippen molar-refractivity contribution in [2.24, 2.45) is 0 Å². The van der Waals surface area contributed by atoms with Gasteiger partial charge in [-0.15, -0.1) is 10.2 Å². The average molecular weight is 320 g/mol. The highest BCUT2D eigenvalue weighted by molar-refractivity contribution is 7.99. The van der Waals surface area contributed by atoms with E-state index in [9.17, 15) is 4.79 Å². The highest BCUT2D eigenvalue weighted by atomic mass is 32.2. The predicted octanol–water partition coefficient (Wildman–Crippen LogP) is 1.45. The van der Waals surface area contributed by atoms with Gasteiger partial charge in [0.25, 0.3) is 0 Å². The molecule has 118 valence electrons. The molecular formula is C14H20N6OS. The number of carbonyl (C=O) groups is 1. The molecule has 0 spiro atoms. The van der Waals surface area contributed by atoms with E-state index in [1.54, 1.807) is 18.5 Å². The van der Waals surface area contributed by atoms with Crippen molar-refractivity contribution >= 4 is 17.7 Å². The molecule has 2 rings (SSSR count). The van der Waals surface area contributed by atoms with Gasteiger partial charge in [-0.25, -0.2) is 4.68 Å². The van der Waals surface area contributed by atoms with E-state index in [4.69, 9.17) is 5.84 Å². The number of hydrogen-bond donors (Lipinski definition) is 2. The Balaban J connectivity index is 1.97. The number of pyridine rings is 1. The fourth-order valence-corrected chi connectivity index (χ4v) is 2.63. The Morgan fingerprint density at radius 2 is 2.18 bits per heavy atom. The van der Waals surface area contributed by atoms with Crippen molar-refractivity contribution in [3.63, 3.8) is 0 Å². The molecule has 22 heavy (non-hydrogen) atoms. The molecule has 0 bridgehead atoms. The van der Waals surface area contributed by atoms with Crippen LogP contribution in [0.2, 0.25) is 0 Å². The Kier molecular flexibility index (Phi) is 5.76. The zero-order chi connectivity index (χ0) is 15.9. The van der Waals surface area contributed by atoms with Crippen LogP contribution >= 0.6 is 11.8 Å². The number of amides is 1. The summed E-state index contributed by atoms with van der Waals surface area (Å²) in [6.07, 6.45) is 5.19. The zero-order valence-electron chi connectivity index (χ0n) is 12.7. The van der Waals surface area contributed by atoms with E-state index >= 15 is 0 Å². The number of nitrogens with zero attached hydrogens (tertiary/aromatic N) is 4. The van der Waals surface area contributed by atoms with Crippen LogP contribution in [0.5, 0.6) is 0 Å². The van der Waals surface area contributed by atoms with Crippen LogP contribution in [-0.2, 0) is 4.79 Å². The molecule has 0 unspecified atom stereocenters. The minimum Gasteiger partial charge on any atom is -0.353 e. The van der Waals surface area contributed by atoms with Crippen molar-refractivity contribution in [3.8, 4) is 11.4 Å². The summed E-state index contributed by atoms with van der Waals surface area (Å²) in [6, 6.07) is 3.88. The minimum atomic E-state index is -0.0235. The van der Waals surface area contributed by atoms with Gasteiger partial charge < -0.3 is 11.2 Å². The minimum absolute atomic E-state index is 0.0235. The second-order valence-electron chi connectivity index (χ2n) is 4.79. The number of carbonyl (C=O) groups excluding carboxylic acids is 1. The van der Waals surface area contributed by atoms with Crippen molar-refractivity contribution in [2.45, 2.75) is 37.9 Å². The largest absolute Gasteiger partial charge is 0.353 e. The van der Waals surface area contributed by atoms with Gasteiger partial charge in [-0.2, -0.15) is 0 Å². The molecule has 2 aromatic heterocycles. The van der Waals surface area contributed by atoms with Gasteiger partial charge in [-0.3, -0.25) is 9.78 Å². The summed E-state index contributed by atoms with van der Waals surface area (Å²) >= 11 is 1.27. The van der Waals surface area contributed by atoms with Gasteiger partial charge in [0.15, 0.2) is 5.82 Å². The van der Waals surface area contributed by atoms with Crippen LogP contribution in [0.3, 0.4) is 0 Å². The second-order valence-corrected chi connectivity index (χ2v) is 5.73. The molecule has 7 nitrogen and oxygen atoms in total. The standard InChI is InChI=1S/C14H20N6OS/c1-3-11(4-2)17-12(21)9-22-14-19-18-13(20(14)15)10-6-5-7-16-8-10/h5-8,11H,3-4,9,15H2,1-2H3,(H,17,21). The summed E-state index contributed by atoms with van der Waals surface area (Å²) < 4.78 is 1.38. The van der Waals surface area contributed by atoms with Crippen molar-refractivity contribution in [3.05, 3.63) is 24.5 Å². The molecule has 0 saturated carbocycles. The molecule has 1 amide bonds. The number of thioether (sulfide) groups is 1.